The molecule has 0 spiro atoms. The lowest BCUT2D eigenvalue weighted by Gasteiger charge is -2.13. The van der Waals surface area contributed by atoms with Gasteiger partial charge in [0.1, 0.15) is 0 Å². The van der Waals surface area contributed by atoms with Crippen LogP contribution in [-0.4, -0.2) is 33.0 Å². The maximum absolute atomic E-state index is 12.7. The Bertz CT molecular complexity index is 761. The quantitative estimate of drug-likeness (QED) is 0.843. The lowest BCUT2D eigenvalue weighted by Crippen LogP contribution is -2.20. The molecule has 0 aromatic heterocycles. The summed E-state index contributed by atoms with van der Waals surface area (Å²) in [6.45, 7) is 5.45. The summed E-state index contributed by atoms with van der Waals surface area (Å²) in [6, 6.07) is 7.28. The minimum atomic E-state index is -3.30. The molecule has 0 bridgehead atoms. The van der Waals surface area contributed by atoms with Crippen LogP contribution in [0.1, 0.15) is 18.9 Å². The Morgan fingerprint density at radius 3 is 2.76 bits per heavy atom. The van der Waals surface area contributed by atoms with Gasteiger partial charge in [0.2, 0.25) is 9.84 Å². The number of allylic oxidation sites excluding steroid dienone is 1. The van der Waals surface area contributed by atoms with E-state index in [-0.39, 0.29) is 0 Å². The second-order valence-electron chi connectivity index (χ2n) is 6.22. The Hall–Kier alpha value is -1.39. The standard InChI is InChI=1S/C17H19NO2S/c1-2-18-10-14-7-13(8-15(14)11-18)17-9-12-5-3-4-6-16(12)21(17,19)20/h3-7,9,14-15H,2,8,10-11H2,1H3. The first-order chi connectivity index (χ1) is 10.1. The number of nitrogens with zero attached hydrogens (tertiary/aromatic N) is 1. The van der Waals surface area contributed by atoms with Crippen LogP contribution >= 0.6 is 0 Å². The molecule has 110 valence electrons. The summed E-state index contributed by atoms with van der Waals surface area (Å²) in [4.78, 5) is 3.46. The minimum absolute atomic E-state index is 0.466. The van der Waals surface area contributed by atoms with Gasteiger partial charge in [0, 0.05) is 13.1 Å². The zero-order valence-corrected chi connectivity index (χ0v) is 12.9. The second-order valence-corrected chi connectivity index (χ2v) is 8.11. The summed E-state index contributed by atoms with van der Waals surface area (Å²) in [7, 11) is -3.30. The first-order valence-corrected chi connectivity index (χ1v) is 9.07. The van der Waals surface area contributed by atoms with Crippen molar-refractivity contribution in [1.29, 1.82) is 0 Å². The highest BCUT2D eigenvalue weighted by Gasteiger charge is 2.40. The predicted octanol–water partition coefficient (Wildman–Crippen LogP) is 2.71. The molecule has 21 heavy (non-hydrogen) atoms. The smallest absolute Gasteiger partial charge is 0.207 e. The van der Waals surface area contributed by atoms with Crippen molar-refractivity contribution in [2.45, 2.75) is 18.2 Å². The highest BCUT2D eigenvalue weighted by molar-refractivity contribution is 7.96. The van der Waals surface area contributed by atoms with E-state index in [1.54, 1.807) is 12.1 Å². The van der Waals surface area contributed by atoms with Gasteiger partial charge < -0.3 is 4.90 Å². The Balaban J connectivity index is 1.68. The fraction of sp³-hybridized carbons (Fsp3) is 0.412. The van der Waals surface area contributed by atoms with Gasteiger partial charge in [0.05, 0.1) is 9.80 Å². The summed E-state index contributed by atoms with van der Waals surface area (Å²) < 4.78 is 25.4. The molecule has 1 saturated heterocycles. The molecular weight excluding hydrogens is 282 g/mol. The molecule has 0 saturated carbocycles. The number of fused-ring (bicyclic) bond motifs is 2. The van der Waals surface area contributed by atoms with Gasteiger partial charge in [-0.3, -0.25) is 0 Å². The van der Waals surface area contributed by atoms with Gasteiger partial charge in [-0.2, -0.15) is 0 Å². The number of sulfone groups is 1. The van der Waals surface area contributed by atoms with Gasteiger partial charge in [-0.25, -0.2) is 8.42 Å². The number of likely N-dealkylation sites (tertiary alicyclic amines) is 1. The molecule has 4 heteroatoms. The molecule has 1 aliphatic carbocycles. The molecule has 2 heterocycles. The van der Waals surface area contributed by atoms with E-state index in [9.17, 15) is 8.42 Å². The lowest BCUT2D eigenvalue weighted by molar-refractivity contribution is 0.339. The van der Waals surface area contributed by atoms with E-state index in [0.29, 0.717) is 21.6 Å². The minimum Gasteiger partial charge on any atom is -0.303 e. The van der Waals surface area contributed by atoms with Crippen molar-refractivity contribution >= 4 is 15.9 Å². The SMILES string of the molecule is CCN1CC2C=C(C3=Cc4ccccc4S3(=O)=O)CC2C1. The third kappa shape index (κ3) is 1.93. The van der Waals surface area contributed by atoms with E-state index in [1.165, 1.54) is 0 Å². The van der Waals surface area contributed by atoms with Crippen LogP contribution in [-0.2, 0) is 9.84 Å². The van der Waals surface area contributed by atoms with Crippen molar-refractivity contribution in [3.05, 3.63) is 46.4 Å². The van der Waals surface area contributed by atoms with Crippen molar-refractivity contribution in [2.75, 3.05) is 19.6 Å². The number of benzene rings is 1. The number of rotatable bonds is 2. The Morgan fingerprint density at radius 1 is 1.24 bits per heavy atom. The zero-order valence-electron chi connectivity index (χ0n) is 12.1. The van der Waals surface area contributed by atoms with E-state index in [0.717, 1.165) is 37.2 Å². The largest absolute Gasteiger partial charge is 0.303 e. The normalized spacial score (nSPS) is 30.0. The van der Waals surface area contributed by atoms with Gasteiger partial charge in [-0.1, -0.05) is 31.2 Å². The molecule has 2 atom stereocenters. The van der Waals surface area contributed by atoms with Crippen LogP contribution < -0.4 is 0 Å². The maximum atomic E-state index is 12.7. The van der Waals surface area contributed by atoms with E-state index >= 15 is 0 Å². The molecule has 1 aromatic rings. The predicted molar refractivity (Wildman–Crippen MR) is 83.4 cm³/mol. The van der Waals surface area contributed by atoms with Crippen molar-refractivity contribution in [3.63, 3.8) is 0 Å². The summed E-state index contributed by atoms with van der Waals surface area (Å²) in [5.74, 6) is 1.12. The second kappa shape index (κ2) is 4.55. The zero-order chi connectivity index (χ0) is 14.6. The van der Waals surface area contributed by atoms with Crippen LogP contribution in [0.3, 0.4) is 0 Å². The lowest BCUT2D eigenvalue weighted by atomic mass is 10.00. The molecular formula is C17H19NO2S. The average molecular weight is 301 g/mol. The van der Waals surface area contributed by atoms with Crippen molar-refractivity contribution in [1.82, 2.24) is 4.90 Å². The molecule has 2 aliphatic heterocycles. The fourth-order valence-corrected chi connectivity index (χ4v) is 5.60. The van der Waals surface area contributed by atoms with Crippen LogP contribution in [0.4, 0.5) is 0 Å². The molecule has 3 aliphatic rings. The van der Waals surface area contributed by atoms with E-state index in [2.05, 4.69) is 17.9 Å². The summed E-state index contributed by atoms with van der Waals surface area (Å²) >= 11 is 0. The van der Waals surface area contributed by atoms with Crippen LogP contribution in [0.15, 0.2) is 45.7 Å². The van der Waals surface area contributed by atoms with Crippen molar-refractivity contribution in [3.8, 4) is 0 Å². The Kier molecular flexibility index (Phi) is 2.88. The van der Waals surface area contributed by atoms with Crippen molar-refractivity contribution in [2.24, 2.45) is 11.8 Å². The first kappa shape index (κ1) is 13.3. The van der Waals surface area contributed by atoms with Gasteiger partial charge in [-0.05, 0) is 48.1 Å². The molecule has 4 rings (SSSR count). The van der Waals surface area contributed by atoms with E-state index in [4.69, 9.17) is 0 Å². The third-order valence-electron chi connectivity index (χ3n) is 5.01. The van der Waals surface area contributed by atoms with Crippen LogP contribution in [0.2, 0.25) is 0 Å². The Morgan fingerprint density at radius 2 is 2.05 bits per heavy atom. The van der Waals surface area contributed by atoms with Gasteiger partial charge in [-0.15, -0.1) is 0 Å². The highest BCUT2D eigenvalue weighted by atomic mass is 32.2. The molecule has 2 unspecified atom stereocenters. The molecule has 0 amide bonds. The van der Waals surface area contributed by atoms with Crippen molar-refractivity contribution < 1.29 is 8.42 Å². The number of hydrogen-bond donors (Lipinski definition) is 0. The van der Waals surface area contributed by atoms with Gasteiger partial charge in [0.25, 0.3) is 0 Å². The Labute approximate surface area is 125 Å². The van der Waals surface area contributed by atoms with Gasteiger partial charge in [0.15, 0.2) is 0 Å². The molecule has 0 N–H and O–H groups in total. The highest BCUT2D eigenvalue weighted by Crippen LogP contribution is 2.45. The molecule has 3 nitrogen and oxygen atoms in total. The van der Waals surface area contributed by atoms with E-state index in [1.807, 2.05) is 18.2 Å². The molecule has 1 fully saturated rings. The van der Waals surface area contributed by atoms with Crippen LogP contribution in [0.5, 0.6) is 0 Å². The first-order valence-electron chi connectivity index (χ1n) is 7.59. The topological polar surface area (TPSA) is 37.4 Å². The average Bonchev–Trinajstić information content (AvgIpc) is 3.09. The molecule has 1 aromatic carbocycles. The maximum Gasteiger partial charge on any atom is 0.207 e. The summed E-state index contributed by atoms with van der Waals surface area (Å²) in [5.41, 5.74) is 1.87. The van der Waals surface area contributed by atoms with Crippen LogP contribution in [0, 0.1) is 11.8 Å². The van der Waals surface area contributed by atoms with Gasteiger partial charge >= 0.3 is 0 Å². The van der Waals surface area contributed by atoms with E-state index < -0.39 is 9.84 Å². The third-order valence-corrected chi connectivity index (χ3v) is 6.92. The van der Waals surface area contributed by atoms with Crippen LogP contribution in [0.25, 0.3) is 6.08 Å². The summed E-state index contributed by atoms with van der Waals surface area (Å²) in [5, 5.41) is 0. The fourth-order valence-electron chi connectivity index (χ4n) is 3.89. The molecule has 0 radical (unpaired) electrons. The summed E-state index contributed by atoms with van der Waals surface area (Å²) in [6.07, 6.45) is 4.98. The monoisotopic (exact) mass is 301 g/mol. The number of hydrogen-bond acceptors (Lipinski definition) is 3.